The molecule has 9 heteroatoms. The lowest BCUT2D eigenvalue weighted by Gasteiger charge is -2.39. The van der Waals surface area contributed by atoms with Crippen molar-refractivity contribution in [2.24, 2.45) is 0 Å². The zero-order valence-corrected chi connectivity index (χ0v) is 17.7. The van der Waals surface area contributed by atoms with Crippen LogP contribution in [0.4, 0.5) is 18.3 Å². The molecule has 2 aromatic carbocycles. The fraction of sp³-hybridized carbons (Fsp3) is 0.318. The van der Waals surface area contributed by atoms with Gasteiger partial charge >= 0.3 is 6.18 Å². The van der Waals surface area contributed by atoms with Gasteiger partial charge in [-0.15, -0.1) is 0 Å². The molecule has 1 aromatic heterocycles. The molecule has 1 aliphatic rings. The van der Waals surface area contributed by atoms with E-state index in [1.165, 1.54) is 23.7 Å². The first-order valence-corrected chi connectivity index (χ1v) is 10.7. The van der Waals surface area contributed by atoms with Gasteiger partial charge < -0.3 is 9.80 Å². The Bertz CT molecular complexity index is 1050. The van der Waals surface area contributed by atoms with Crippen molar-refractivity contribution in [2.75, 3.05) is 24.5 Å². The molecule has 1 aliphatic heterocycles. The number of benzene rings is 2. The highest BCUT2D eigenvalue weighted by atomic mass is 32.1. The average Bonchev–Trinajstić information content (AvgIpc) is 3.22. The molecule has 0 N–H and O–H groups in total. The van der Waals surface area contributed by atoms with Crippen LogP contribution in [0.1, 0.15) is 34.2 Å². The molecule has 1 fully saturated rings. The van der Waals surface area contributed by atoms with Gasteiger partial charge in [0.2, 0.25) is 5.13 Å². The number of halogens is 3. The van der Waals surface area contributed by atoms with Crippen molar-refractivity contribution in [2.45, 2.75) is 25.6 Å². The number of alkyl halides is 3. The van der Waals surface area contributed by atoms with Gasteiger partial charge in [-0.25, -0.2) is 4.98 Å². The summed E-state index contributed by atoms with van der Waals surface area (Å²) in [6, 6.07) is 14.4. The Morgan fingerprint density at radius 3 is 2.61 bits per heavy atom. The van der Waals surface area contributed by atoms with E-state index < -0.39 is 11.7 Å². The van der Waals surface area contributed by atoms with E-state index in [0.29, 0.717) is 26.1 Å². The quantitative estimate of drug-likeness (QED) is 0.592. The zero-order valence-electron chi connectivity index (χ0n) is 16.8. The van der Waals surface area contributed by atoms with Crippen LogP contribution >= 0.6 is 11.5 Å². The van der Waals surface area contributed by atoms with Crippen molar-refractivity contribution in [3.05, 3.63) is 77.1 Å². The molecule has 0 spiro atoms. The molecule has 1 saturated heterocycles. The van der Waals surface area contributed by atoms with Crippen molar-refractivity contribution in [1.82, 2.24) is 14.3 Å². The first-order valence-electron chi connectivity index (χ1n) is 9.91. The second-order valence-electron chi connectivity index (χ2n) is 7.53. The van der Waals surface area contributed by atoms with E-state index in [9.17, 15) is 18.0 Å². The molecular formula is C22H21F3N4OS. The zero-order chi connectivity index (χ0) is 22.0. The molecule has 0 radical (unpaired) electrons. The van der Waals surface area contributed by atoms with Crippen LogP contribution in [-0.2, 0) is 12.6 Å². The van der Waals surface area contributed by atoms with Gasteiger partial charge in [0.15, 0.2) is 0 Å². The number of hydrogen-bond acceptors (Lipinski definition) is 5. The number of hydrogen-bond donors (Lipinski definition) is 0. The highest BCUT2D eigenvalue weighted by Gasteiger charge is 2.33. The van der Waals surface area contributed by atoms with Crippen LogP contribution in [0.25, 0.3) is 0 Å². The lowest BCUT2D eigenvalue weighted by Crippen LogP contribution is -2.54. The third-order valence-electron chi connectivity index (χ3n) is 5.26. The molecule has 5 nitrogen and oxygen atoms in total. The predicted octanol–water partition coefficient (Wildman–Crippen LogP) is 4.50. The number of rotatable bonds is 4. The molecule has 1 unspecified atom stereocenters. The Balaban J connectivity index is 1.42. The van der Waals surface area contributed by atoms with Crippen LogP contribution in [0, 0.1) is 0 Å². The summed E-state index contributed by atoms with van der Waals surface area (Å²) in [5.41, 5.74) is 0.373. The standard InChI is InChI=1S/C22H21F3N4OS/c1-15-14-28(21-26-19(27-31-21)12-16-6-3-2-4-7-16)10-11-29(15)20(30)17-8-5-9-18(13-17)22(23,24)25/h2-9,13,15H,10-12,14H2,1H3. The Morgan fingerprint density at radius 1 is 1.13 bits per heavy atom. The second kappa shape index (κ2) is 8.66. The maximum Gasteiger partial charge on any atom is 0.416 e. The largest absolute Gasteiger partial charge is 0.416 e. The molecule has 0 bridgehead atoms. The van der Waals surface area contributed by atoms with Crippen molar-refractivity contribution in [3.8, 4) is 0 Å². The summed E-state index contributed by atoms with van der Waals surface area (Å²) in [5, 5.41) is 0.795. The van der Waals surface area contributed by atoms with E-state index in [1.807, 2.05) is 37.3 Å². The summed E-state index contributed by atoms with van der Waals surface area (Å²) in [5.74, 6) is 0.363. The molecule has 162 valence electrons. The lowest BCUT2D eigenvalue weighted by atomic mass is 10.1. The normalized spacial score (nSPS) is 17.1. The Morgan fingerprint density at radius 2 is 1.90 bits per heavy atom. The summed E-state index contributed by atoms with van der Waals surface area (Å²) < 4.78 is 43.4. The van der Waals surface area contributed by atoms with Gasteiger partial charge in [-0.05, 0) is 30.7 Å². The minimum Gasteiger partial charge on any atom is -0.343 e. The Kier molecular flexibility index (Phi) is 5.95. The second-order valence-corrected chi connectivity index (χ2v) is 8.26. The van der Waals surface area contributed by atoms with Crippen LogP contribution < -0.4 is 4.90 Å². The van der Waals surface area contributed by atoms with E-state index >= 15 is 0 Å². The molecule has 2 heterocycles. The molecule has 0 aliphatic carbocycles. The Hall–Kier alpha value is -2.94. The fourth-order valence-corrected chi connectivity index (χ4v) is 4.37. The van der Waals surface area contributed by atoms with Crippen LogP contribution in [-0.4, -0.2) is 45.8 Å². The van der Waals surface area contributed by atoms with Gasteiger partial charge in [0.25, 0.3) is 5.91 Å². The highest BCUT2D eigenvalue weighted by molar-refractivity contribution is 7.09. The van der Waals surface area contributed by atoms with Crippen LogP contribution in [0.15, 0.2) is 54.6 Å². The van der Waals surface area contributed by atoms with Gasteiger partial charge in [-0.2, -0.15) is 17.5 Å². The summed E-state index contributed by atoms with van der Waals surface area (Å²) in [6.07, 6.45) is -3.82. The SMILES string of the molecule is CC1CN(c2nc(Cc3ccccc3)ns2)CCN1C(=O)c1cccc(C(F)(F)F)c1. The molecule has 31 heavy (non-hydrogen) atoms. The minimum atomic E-state index is -4.48. The molecular weight excluding hydrogens is 425 g/mol. The van der Waals surface area contributed by atoms with E-state index in [4.69, 9.17) is 0 Å². The number of nitrogens with zero attached hydrogens (tertiary/aromatic N) is 4. The smallest absolute Gasteiger partial charge is 0.343 e. The van der Waals surface area contributed by atoms with Crippen LogP contribution in [0.5, 0.6) is 0 Å². The van der Waals surface area contributed by atoms with Gasteiger partial charge in [0, 0.05) is 49.2 Å². The Labute approximate surface area is 182 Å². The van der Waals surface area contributed by atoms with Crippen molar-refractivity contribution < 1.29 is 18.0 Å². The highest BCUT2D eigenvalue weighted by Crippen LogP contribution is 2.30. The molecule has 3 aromatic rings. The maximum absolute atomic E-state index is 13.0. The number of anilines is 1. The predicted molar refractivity (Wildman–Crippen MR) is 113 cm³/mol. The van der Waals surface area contributed by atoms with Crippen molar-refractivity contribution in [1.29, 1.82) is 0 Å². The summed E-state index contributed by atoms with van der Waals surface area (Å²) in [6.45, 7) is 3.40. The third-order valence-corrected chi connectivity index (χ3v) is 6.07. The number of carbonyl (C=O) groups excluding carboxylic acids is 1. The van der Waals surface area contributed by atoms with Crippen molar-refractivity contribution in [3.63, 3.8) is 0 Å². The topological polar surface area (TPSA) is 49.3 Å². The number of amides is 1. The van der Waals surface area contributed by atoms with E-state index in [2.05, 4.69) is 14.3 Å². The summed E-state index contributed by atoms with van der Waals surface area (Å²) in [7, 11) is 0. The number of carbonyl (C=O) groups is 1. The minimum absolute atomic E-state index is 0.0520. The molecule has 1 amide bonds. The third kappa shape index (κ3) is 4.87. The van der Waals surface area contributed by atoms with Crippen LogP contribution in [0.3, 0.4) is 0 Å². The fourth-order valence-electron chi connectivity index (χ4n) is 3.65. The number of aromatic nitrogens is 2. The molecule has 1 atom stereocenters. The first kappa shape index (κ1) is 21.3. The van der Waals surface area contributed by atoms with Crippen LogP contribution in [0.2, 0.25) is 0 Å². The maximum atomic E-state index is 13.0. The summed E-state index contributed by atoms with van der Waals surface area (Å²) in [4.78, 5) is 21.2. The molecule has 4 rings (SSSR count). The van der Waals surface area contributed by atoms with E-state index in [0.717, 1.165) is 28.7 Å². The summed E-state index contributed by atoms with van der Waals surface area (Å²) >= 11 is 1.32. The van der Waals surface area contributed by atoms with E-state index in [1.54, 1.807) is 4.90 Å². The number of piperazine rings is 1. The molecule has 0 saturated carbocycles. The average molecular weight is 446 g/mol. The van der Waals surface area contributed by atoms with E-state index in [-0.39, 0.29) is 17.5 Å². The van der Waals surface area contributed by atoms with Crippen molar-refractivity contribution >= 4 is 22.6 Å². The van der Waals surface area contributed by atoms with Gasteiger partial charge in [-0.1, -0.05) is 36.4 Å². The van der Waals surface area contributed by atoms with Gasteiger partial charge in [-0.3, -0.25) is 4.79 Å². The lowest BCUT2D eigenvalue weighted by molar-refractivity contribution is -0.137. The van der Waals surface area contributed by atoms with Gasteiger partial charge in [0.1, 0.15) is 5.82 Å². The first-order chi connectivity index (χ1) is 14.8. The monoisotopic (exact) mass is 446 g/mol. The van der Waals surface area contributed by atoms with Gasteiger partial charge in [0.05, 0.1) is 5.56 Å².